The van der Waals surface area contributed by atoms with Crippen molar-refractivity contribution in [1.29, 1.82) is 0 Å². The van der Waals surface area contributed by atoms with Gasteiger partial charge >= 0.3 is 0 Å². The van der Waals surface area contributed by atoms with Gasteiger partial charge in [-0.15, -0.1) is 0 Å². The maximum absolute atomic E-state index is 9.61. The Morgan fingerprint density at radius 2 is 2.05 bits per heavy atom. The van der Waals surface area contributed by atoms with Gasteiger partial charge < -0.3 is 10.8 Å². The molecule has 0 amide bonds. The lowest BCUT2D eigenvalue weighted by Crippen LogP contribution is -2.36. The fraction of sp³-hybridized carbons (Fsp3) is 0.667. The second-order valence-electron chi connectivity index (χ2n) is 6.64. The zero-order valence-corrected chi connectivity index (χ0v) is 12.8. The molecule has 0 radical (unpaired) electrons. The molecule has 1 fully saturated rings. The normalized spacial score (nSPS) is 26.6. The van der Waals surface area contributed by atoms with Crippen molar-refractivity contribution in [2.24, 2.45) is 17.1 Å². The van der Waals surface area contributed by atoms with E-state index in [1.165, 1.54) is 50.5 Å². The summed E-state index contributed by atoms with van der Waals surface area (Å²) in [5.74, 6) is 1.28. The minimum atomic E-state index is 0.260. The minimum absolute atomic E-state index is 0.260. The Morgan fingerprint density at radius 3 is 2.65 bits per heavy atom. The molecular weight excluding hydrogens is 246 g/mol. The molecule has 112 valence electrons. The van der Waals surface area contributed by atoms with Crippen molar-refractivity contribution < 1.29 is 5.11 Å². The molecule has 0 heterocycles. The van der Waals surface area contributed by atoms with Crippen molar-refractivity contribution in [2.75, 3.05) is 6.54 Å². The molecule has 20 heavy (non-hydrogen) atoms. The van der Waals surface area contributed by atoms with Crippen LogP contribution in [0.4, 0.5) is 0 Å². The highest BCUT2D eigenvalue weighted by Gasteiger charge is 2.34. The second-order valence-corrected chi connectivity index (χ2v) is 6.64. The van der Waals surface area contributed by atoms with E-state index in [1.54, 1.807) is 6.07 Å². The molecule has 0 aromatic heterocycles. The highest BCUT2D eigenvalue weighted by Crippen LogP contribution is 2.42. The average Bonchev–Trinajstić information content (AvgIpc) is 2.47. The Bertz CT molecular complexity index is 408. The maximum atomic E-state index is 9.61. The largest absolute Gasteiger partial charge is 0.508 e. The Hall–Kier alpha value is -1.02. The van der Waals surface area contributed by atoms with Crippen LogP contribution in [0.25, 0.3) is 0 Å². The van der Waals surface area contributed by atoms with Gasteiger partial charge in [-0.1, -0.05) is 38.3 Å². The Kier molecular flexibility index (Phi) is 5.47. The summed E-state index contributed by atoms with van der Waals surface area (Å²) in [6.07, 6.45) is 10.2. The van der Waals surface area contributed by atoms with E-state index in [9.17, 15) is 5.11 Å². The molecule has 2 nitrogen and oxygen atoms in total. The van der Waals surface area contributed by atoms with Crippen LogP contribution in [0.5, 0.6) is 5.75 Å². The molecule has 0 aliphatic heterocycles. The van der Waals surface area contributed by atoms with Gasteiger partial charge in [-0.2, -0.15) is 0 Å². The number of phenols is 1. The summed E-state index contributed by atoms with van der Waals surface area (Å²) >= 11 is 0. The quantitative estimate of drug-likeness (QED) is 0.815. The van der Waals surface area contributed by atoms with E-state index in [0.29, 0.717) is 5.75 Å². The summed E-state index contributed by atoms with van der Waals surface area (Å²) in [5, 5.41) is 9.61. The van der Waals surface area contributed by atoms with Crippen molar-refractivity contribution in [1.82, 2.24) is 0 Å². The van der Waals surface area contributed by atoms with E-state index < -0.39 is 0 Å². The standard InChI is InChI=1S/C18H29NO/c1-2-3-5-15-8-10-18(14-19,11-9-15)13-16-6-4-7-17(20)12-16/h4,6-7,12,15,20H,2-3,5,8-11,13-14,19H2,1H3. The van der Waals surface area contributed by atoms with Crippen molar-refractivity contribution in [3.63, 3.8) is 0 Å². The highest BCUT2D eigenvalue weighted by molar-refractivity contribution is 5.28. The Labute approximate surface area is 123 Å². The summed E-state index contributed by atoms with van der Waals surface area (Å²) in [5.41, 5.74) is 7.59. The van der Waals surface area contributed by atoms with Crippen LogP contribution >= 0.6 is 0 Å². The van der Waals surface area contributed by atoms with Gasteiger partial charge in [0.05, 0.1) is 0 Å². The summed E-state index contributed by atoms with van der Waals surface area (Å²) in [6, 6.07) is 7.67. The topological polar surface area (TPSA) is 46.2 Å². The molecule has 1 aliphatic carbocycles. The molecule has 1 saturated carbocycles. The molecule has 0 unspecified atom stereocenters. The third kappa shape index (κ3) is 3.99. The lowest BCUT2D eigenvalue weighted by Gasteiger charge is -2.40. The van der Waals surface area contributed by atoms with Crippen LogP contribution in [0.1, 0.15) is 57.4 Å². The number of unbranched alkanes of at least 4 members (excludes halogenated alkanes) is 1. The third-order valence-electron chi connectivity index (χ3n) is 5.05. The molecule has 3 N–H and O–H groups in total. The average molecular weight is 275 g/mol. The number of hydrogen-bond donors (Lipinski definition) is 2. The molecule has 2 rings (SSSR count). The fourth-order valence-corrected chi connectivity index (χ4v) is 3.62. The van der Waals surface area contributed by atoms with Gasteiger partial charge in [0.15, 0.2) is 0 Å². The summed E-state index contributed by atoms with van der Waals surface area (Å²) in [4.78, 5) is 0. The minimum Gasteiger partial charge on any atom is -0.508 e. The Morgan fingerprint density at radius 1 is 1.30 bits per heavy atom. The summed E-state index contributed by atoms with van der Waals surface area (Å²) in [6.45, 7) is 3.04. The van der Waals surface area contributed by atoms with E-state index in [0.717, 1.165) is 18.9 Å². The SMILES string of the molecule is CCCCC1CCC(CN)(Cc2cccc(O)c2)CC1. The predicted octanol–water partition coefficient (Wildman–Crippen LogP) is 4.26. The van der Waals surface area contributed by atoms with Gasteiger partial charge in [0, 0.05) is 0 Å². The number of rotatable bonds is 6. The first-order valence-electron chi connectivity index (χ1n) is 8.15. The van der Waals surface area contributed by atoms with Crippen LogP contribution in [-0.4, -0.2) is 11.7 Å². The summed E-state index contributed by atoms with van der Waals surface area (Å²) in [7, 11) is 0. The molecular formula is C18H29NO. The van der Waals surface area contributed by atoms with Crippen molar-refractivity contribution in [2.45, 2.75) is 58.3 Å². The van der Waals surface area contributed by atoms with E-state index in [2.05, 4.69) is 13.0 Å². The smallest absolute Gasteiger partial charge is 0.115 e. The fourth-order valence-electron chi connectivity index (χ4n) is 3.62. The molecule has 0 atom stereocenters. The van der Waals surface area contributed by atoms with E-state index >= 15 is 0 Å². The molecule has 0 saturated heterocycles. The Balaban J connectivity index is 1.94. The van der Waals surface area contributed by atoms with Gasteiger partial charge in [0.25, 0.3) is 0 Å². The maximum Gasteiger partial charge on any atom is 0.115 e. The van der Waals surface area contributed by atoms with Gasteiger partial charge in [-0.05, 0) is 67.7 Å². The van der Waals surface area contributed by atoms with Crippen molar-refractivity contribution in [3.8, 4) is 5.75 Å². The summed E-state index contributed by atoms with van der Waals surface area (Å²) < 4.78 is 0. The lowest BCUT2D eigenvalue weighted by molar-refractivity contribution is 0.150. The molecule has 0 spiro atoms. The predicted molar refractivity (Wildman–Crippen MR) is 84.8 cm³/mol. The number of hydrogen-bond acceptors (Lipinski definition) is 2. The number of aromatic hydroxyl groups is 1. The first kappa shape index (κ1) is 15.4. The molecule has 0 bridgehead atoms. The van der Waals surface area contributed by atoms with Crippen LogP contribution in [0.3, 0.4) is 0 Å². The van der Waals surface area contributed by atoms with Gasteiger partial charge in [-0.25, -0.2) is 0 Å². The van der Waals surface area contributed by atoms with E-state index in [-0.39, 0.29) is 5.41 Å². The highest BCUT2D eigenvalue weighted by atomic mass is 16.3. The van der Waals surface area contributed by atoms with Gasteiger partial charge in [0.2, 0.25) is 0 Å². The van der Waals surface area contributed by atoms with Crippen LogP contribution in [0.15, 0.2) is 24.3 Å². The first-order valence-corrected chi connectivity index (χ1v) is 8.15. The van der Waals surface area contributed by atoms with Crippen LogP contribution in [0.2, 0.25) is 0 Å². The second kappa shape index (κ2) is 7.12. The molecule has 1 aliphatic rings. The van der Waals surface area contributed by atoms with E-state index in [4.69, 9.17) is 5.73 Å². The van der Waals surface area contributed by atoms with Gasteiger partial charge in [0.1, 0.15) is 5.75 Å². The van der Waals surface area contributed by atoms with Crippen molar-refractivity contribution >= 4 is 0 Å². The molecule has 1 aromatic carbocycles. The number of phenolic OH excluding ortho intramolecular Hbond substituents is 1. The zero-order chi connectivity index (χ0) is 14.4. The third-order valence-corrected chi connectivity index (χ3v) is 5.05. The van der Waals surface area contributed by atoms with Crippen molar-refractivity contribution in [3.05, 3.63) is 29.8 Å². The first-order chi connectivity index (χ1) is 9.67. The zero-order valence-electron chi connectivity index (χ0n) is 12.8. The van der Waals surface area contributed by atoms with Crippen LogP contribution < -0.4 is 5.73 Å². The number of nitrogens with two attached hydrogens (primary N) is 1. The monoisotopic (exact) mass is 275 g/mol. The molecule has 2 heteroatoms. The number of benzene rings is 1. The van der Waals surface area contributed by atoms with Crippen LogP contribution in [-0.2, 0) is 6.42 Å². The molecule has 1 aromatic rings. The van der Waals surface area contributed by atoms with E-state index in [1.807, 2.05) is 12.1 Å². The van der Waals surface area contributed by atoms with Gasteiger partial charge in [-0.3, -0.25) is 0 Å². The lowest BCUT2D eigenvalue weighted by atomic mass is 9.66. The van der Waals surface area contributed by atoms with Crippen LogP contribution in [0, 0.1) is 11.3 Å².